The molecule has 0 fully saturated rings. The summed E-state index contributed by atoms with van der Waals surface area (Å²) < 4.78 is 24.2. The number of fused-ring (bicyclic) bond motifs is 3. The van der Waals surface area contributed by atoms with E-state index in [2.05, 4.69) is 10.4 Å². The Morgan fingerprint density at radius 1 is 0.906 bits per heavy atom. The first-order valence-corrected chi connectivity index (χ1v) is 9.82. The van der Waals surface area contributed by atoms with Crippen molar-refractivity contribution >= 4 is 17.1 Å². The molecule has 0 saturated carbocycles. The fraction of sp³-hybridized carbons (Fsp3) is 0.136. The zero-order valence-corrected chi connectivity index (χ0v) is 16.6. The van der Waals surface area contributed by atoms with E-state index in [1.165, 1.54) is 15.3 Å². The third-order valence-corrected chi connectivity index (χ3v) is 5.24. The van der Waals surface area contributed by atoms with Gasteiger partial charge in [0.25, 0.3) is 5.56 Å². The quantitative estimate of drug-likeness (QED) is 0.527. The standard InChI is InChI=1S/C22H16N4O6/c27-21(23-14-2-4-18-20(8-14)32-12-30-18)10-25-5-6-26-16(22(25)28)9-15(24-26)13-1-3-17-19(7-13)31-11-29-17/h1-9H,10-12H2,(H,23,27). The Morgan fingerprint density at radius 3 is 2.44 bits per heavy atom. The molecule has 0 saturated heterocycles. The lowest BCUT2D eigenvalue weighted by molar-refractivity contribution is -0.116. The maximum atomic E-state index is 12.9. The predicted molar refractivity (Wildman–Crippen MR) is 112 cm³/mol. The fourth-order valence-corrected chi connectivity index (χ4v) is 3.68. The third-order valence-electron chi connectivity index (χ3n) is 5.24. The first-order chi connectivity index (χ1) is 15.6. The number of carbonyl (C=O) groups excluding carboxylic acids is 1. The second kappa shape index (κ2) is 7.05. The fourth-order valence-electron chi connectivity index (χ4n) is 3.68. The molecule has 32 heavy (non-hydrogen) atoms. The molecule has 10 heteroatoms. The molecule has 0 aliphatic carbocycles. The lowest BCUT2D eigenvalue weighted by atomic mass is 10.1. The monoisotopic (exact) mass is 432 g/mol. The van der Waals surface area contributed by atoms with Gasteiger partial charge in [-0.2, -0.15) is 5.10 Å². The highest BCUT2D eigenvalue weighted by atomic mass is 16.7. The van der Waals surface area contributed by atoms with Gasteiger partial charge in [-0.25, -0.2) is 4.52 Å². The van der Waals surface area contributed by atoms with Crippen LogP contribution in [0.4, 0.5) is 5.69 Å². The largest absolute Gasteiger partial charge is 0.454 e. The number of amides is 1. The van der Waals surface area contributed by atoms with Crippen LogP contribution in [0.3, 0.4) is 0 Å². The summed E-state index contributed by atoms with van der Waals surface area (Å²) in [5, 5.41) is 7.24. The van der Waals surface area contributed by atoms with E-state index in [-0.39, 0.29) is 31.6 Å². The Bertz CT molecular complexity index is 1440. The third kappa shape index (κ3) is 3.09. The average molecular weight is 432 g/mol. The molecule has 0 atom stereocenters. The van der Waals surface area contributed by atoms with Crippen molar-refractivity contribution in [2.45, 2.75) is 6.54 Å². The maximum Gasteiger partial charge on any atom is 0.277 e. The molecule has 4 aromatic rings. The lowest BCUT2D eigenvalue weighted by Crippen LogP contribution is -2.28. The summed E-state index contributed by atoms with van der Waals surface area (Å²) in [7, 11) is 0. The van der Waals surface area contributed by atoms with Gasteiger partial charge in [-0.15, -0.1) is 0 Å². The summed E-state index contributed by atoms with van der Waals surface area (Å²) in [5.74, 6) is 2.16. The molecule has 0 spiro atoms. The minimum atomic E-state index is -0.342. The van der Waals surface area contributed by atoms with E-state index in [0.717, 1.165) is 5.56 Å². The molecule has 0 unspecified atom stereocenters. The molecule has 0 bridgehead atoms. The number of hydrogen-bond acceptors (Lipinski definition) is 7. The second-order valence-corrected chi connectivity index (χ2v) is 7.27. The molecule has 1 amide bonds. The molecule has 2 aromatic carbocycles. The van der Waals surface area contributed by atoms with Crippen LogP contribution in [0.15, 0.2) is 59.7 Å². The van der Waals surface area contributed by atoms with E-state index in [1.54, 1.807) is 36.5 Å². The first-order valence-electron chi connectivity index (χ1n) is 9.82. The van der Waals surface area contributed by atoms with Crippen LogP contribution in [0.1, 0.15) is 0 Å². The highest BCUT2D eigenvalue weighted by molar-refractivity contribution is 5.91. The minimum Gasteiger partial charge on any atom is -0.454 e. The molecule has 10 nitrogen and oxygen atoms in total. The van der Waals surface area contributed by atoms with Gasteiger partial charge in [-0.1, -0.05) is 0 Å². The summed E-state index contributed by atoms with van der Waals surface area (Å²) in [6.07, 6.45) is 3.17. The molecule has 0 radical (unpaired) electrons. The number of hydrogen-bond donors (Lipinski definition) is 1. The Labute approximate surface area is 180 Å². The number of ether oxygens (including phenoxy) is 4. The Balaban J connectivity index is 1.24. The van der Waals surface area contributed by atoms with Crippen molar-refractivity contribution < 1.29 is 23.7 Å². The van der Waals surface area contributed by atoms with Gasteiger partial charge in [-0.05, 0) is 36.4 Å². The van der Waals surface area contributed by atoms with Crippen molar-refractivity contribution in [2.75, 3.05) is 18.9 Å². The number of rotatable bonds is 4. The van der Waals surface area contributed by atoms with Crippen molar-refractivity contribution in [2.24, 2.45) is 0 Å². The maximum absolute atomic E-state index is 12.9. The topological polar surface area (TPSA) is 105 Å². The van der Waals surface area contributed by atoms with Gasteiger partial charge in [0.05, 0.1) is 5.69 Å². The summed E-state index contributed by atoms with van der Waals surface area (Å²) in [6, 6.07) is 12.3. The molecule has 160 valence electrons. The lowest BCUT2D eigenvalue weighted by Gasteiger charge is -2.08. The number of nitrogens with one attached hydrogen (secondary N) is 1. The molecular formula is C22H16N4O6. The summed E-state index contributed by atoms with van der Waals surface area (Å²) in [5.41, 5.74) is 2.00. The Kier molecular flexibility index (Phi) is 4.03. The minimum absolute atomic E-state index is 0.145. The first kappa shape index (κ1) is 18.3. The van der Waals surface area contributed by atoms with E-state index in [1.807, 2.05) is 12.1 Å². The van der Waals surface area contributed by atoms with Crippen LogP contribution in [0.25, 0.3) is 16.8 Å². The van der Waals surface area contributed by atoms with Crippen molar-refractivity contribution in [3.05, 3.63) is 65.2 Å². The molecule has 4 heterocycles. The van der Waals surface area contributed by atoms with Crippen molar-refractivity contribution in [3.63, 3.8) is 0 Å². The van der Waals surface area contributed by atoms with Gasteiger partial charge in [0.15, 0.2) is 23.0 Å². The van der Waals surface area contributed by atoms with Crippen LogP contribution in [-0.2, 0) is 11.3 Å². The molecule has 1 N–H and O–H groups in total. The number of anilines is 1. The van der Waals surface area contributed by atoms with Crippen LogP contribution >= 0.6 is 0 Å². The molecule has 2 aliphatic heterocycles. The smallest absolute Gasteiger partial charge is 0.277 e. The Morgan fingerprint density at radius 2 is 1.62 bits per heavy atom. The Hall–Kier alpha value is -4.47. The summed E-state index contributed by atoms with van der Waals surface area (Å²) in [4.78, 5) is 25.5. The van der Waals surface area contributed by atoms with Crippen LogP contribution in [0.5, 0.6) is 23.0 Å². The van der Waals surface area contributed by atoms with E-state index in [4.69, 9.17) is 18.9 Å². The van der Waals surface area contributed by atoms with Gasteiger partial charge >= 0.3 is 0 Å². The normalized spacial score (nSPS) is 13.5. The average Bonchev–Trinajstić information content (AvgIpc) is 3.54. The number of benzene rings is 2. The van der Waals surface area contributed by atoms with Crippen LogP contribution in [0, 0.1) is 0 Å². The van der Waals surface area contributed by atoms with Crippen LogP contribution < -0.4 is 29.8 Å². The number of nitrogens with zero attached hydrogens (tertiary/aromatic N) is 3. The summed E-state index contributed by atoms with van der Waals surface area (Å²) in [6.45, 7) is 0.193. The van der Waals surface area contributed by atoms with Gasteiger partial charge in [-0.3, -0.25) is 9.59 Å². The molecular weight excluding hydrogens is 416 g/mol. The van der Waals surface area contributed by atoms with E-state index in [9.17, 15) is 9.59 Å². The SMILES string of the molecule is O=C(Cn1ccn2nc(-c3ccc4c(c3)OCO4)cc2c1=O)Nc1ccc2c(c1)OCO2. The number of aromatic nitrogens is 3. The van der Waals surface area contributed by atoms with Gasteiger partial charge in [0, 0.05) is 29.7 Å². The zero-order chi connectivity index (χ0) is 21.7. The number of carbonyl (C=O) groups is 1. The van der Waals surface area contributed by atoms with E-state index < -0.39 is 0 Å². The molecule has 2 aliphatic rings. The van der Waals surface area contributed by atoms with Crippen LogP contribution in [-0.4, -0.2) is 33.7 Å². The van der Waals surface area contributed by atoms with Gasteiger partial charge in [0.2, 0.25) is 19.5 Å². The highest BCUT2D eigenvalue weighted by Crippen LogP contribution is 2.36. The molecule has 6 rings (SSSR count). The van der Waals surface area contributed by atoms with Crippen molar-refractivity contribution in [1.29, 1.82) is 0 Å². The summed E-state index contributed by atoms with van der Waals surface area (Å²) >= 11 is 0. The van der Waals surface area contributed by atoms with Crippen LogP contribution in [0.2, 0.25) is 0 Å². The highest BCUT2D eigenvalue weighted by Gasteiger charge is 2.17. The zero-order valence-electron chi connectivity index (χ0n) is 16.6. The van der Waals surface area contributed by atoms with E-state index in [0.29, 0.717) is 39.9 Å². The van der Waals surface area contributed by atoms with E-state index >= 15 is 0 Å². The van der Waals surface area contributed by atoms with Gasteiger partial charge in [0.1, 0.15) is 12.1 Å². The van der Waals surface area contributed by atoms with Gasteiger partial charge < -0.3 is 28.8 Å². The van der Waals surface area contributed by atoms with Crippen molar-refractivity contribution in [3.8, 4) is 34.3 Å². The predicted octanol–water partition coefficient (Wildman–Crippen LogP) is 2.26. The van der Waals surface area contributed by atoms with Crippen molar-refractivity contribution in [1.82, 2.24) is 14.2 Å². The second-order valence-electron chi connectivity index (χ2n) is 7.27. The molecule has 2 aromatic heterocycles.